The largest absolute Gasteiger partial charge is 0.241 e. The van der Waals surface area contributed by atoms with Crippen molar-refractivity contribution in [2.45, 2.75) is 43.5 Å². The van der Waals surface area contributed by atoms with E-state index in [4.69, 9.17) is 0 Å². The van der Waals surface area contributed by atoms with Crippen LogP contribution >= 0.6 is 0 Å². The first-order valence-corrected chi connectivity index (χ1v) is 11.2. The minimum atomic E-state index is -3.69. The normalized spacial score (nSPS) is 13.6. The van der Waals surface area contributed by atoms with Gasteiger partial charge in [-0.05, 0) is 56.5 Å². The number of rotatable bonds is 5. The van der Waals surface area contributed by atoms with Gasteiger partial charge in [0.05, 0.1) is 9.79 Å². The molecule has 136 valence electrons. The molecule has 0 saturated heterocycles. The van der Waals surface area contributed by atoms with E-state index in [1.54, 1.807) is 32.9 Å². The highest BCUT2D eigenvalue weighted by molar-refractivity contribution is 7.90. The summed E-state index contributed by atoms with van der Waals surface area (Å²) in [6, 6.07) is 9.41. The lowest BCUT2D eigenvalue weighted by molar-refractivity contribution is 0.565. The van der Waals surface area contributed by atoms with E-state index in [1.807, 2.05) is 19.1 Å². The second-order valence-electron chi connectivity index (χ2n) is 6.41. The summed E-state index contributed by atoms with van der Waals surface area (Å²) < 4.78 is 51.3. The molecular weight excluding hydrogens is 358 g/mol. The van der Waals surface area contributed by atoms with Gasteiger partial charge in [-0.1, -0.05) is 29.8 Å². The van der Waals surface area contributed by atoms with Crippen LogP contribution in [-0.2, 0) is 19.9 Å². The Morgan fingerprint density at radius 3 is 1.80 bits per heavy atom. The molecule has 0 aromatic heterocycles. The van der Waals surface area contributed by atoms with Crippen LogP contribution < -0.4 is 4.72 Å². The van der Waals surface area contributed by atoms with Crippen molar-refractivity contribution in [3.8, 4) is 0 Å². The zero-order valence-electron chi connectivity index (χ0n) is 15.0. The molecule has 25 heavy (non-hydrogen) atoms. The average Bonchev–Trinajstić information content (AvgIpc) is 2.44. The third-order valence-corrected chi connectivity index (χ3v) is 6.99. The van der Waals surface area contributed by atoms with Crippen molar-refractivity contribution in [3.63, 3.8) is 0 Å². The van der Waals surface area contributed by atoms with Gasteiger partial charge in [-0.3, -0.25) is 0 Å². The second-order valence-corrected chi connectivity index (χ2v) is 10.1. The average molecular weight is 382 g/mol. The zero-order chi connectivity index (χ0) is 19.0. The first-order valence-electron chi connectivity index (χ1n) is 7.82. The van der Waals surface area contributed by atoms with E-state index in [1.165, 1.54) is 12.1 Å². The van der Waals surface area contributed by atoms with Crippen molar-refractivity contribution in [2.75, 3.05) is 6.26 Å². The SMILES string of the molecule is Cc1cc(C)c(S(=O)(=O)N[C@H](C)c2ccc(S(C)(=O)=O)cc2)c(C)c1. The molecule has 0 spiro atoms. The van der Waals surface area contributed by atoms with E-state index < -0.39 is 25.9 Å². The number of sulfone groups is 1. The molecule has 0 aliphatic heterocycles. The predicted octanol–water partition coefficient (Wildman–Crippen LogP) is 3.05. The van der Waals surface area contributed by atoms with Crippen LogP contribution in [0.15, 0.2) is 46.2 Å². The van der Waals surface area contributed by atoms with Gasteiger partial charge in [0.25, 0.3) is 0 Å². The van der Waals surface area contributed by atoms with Gasteiger partial charge in [0, 0.05) is 12.3 Å². The molecule has 7 heteroatoms. The van der Waals surface area contributed by atoms with Crippen LogP contribution in [0.2, 0.25) is 0 Å². The summed E-state index contributed by atoms with van der Waals surface area (Å²) in [5, 5.41) is 0. The summed E-state index contributed by atoms with van der Waals surface area (Å²) in [5.41, 5.74) is 3.10. The maximum absolute atomic E-state index is 12.8. The first kappa shape index (κ1) is 19.6. The monoisotopic (exact) mass is 381 g/mol. The Hall–Kier alpha value is -1.70. The van der Waals surface area contributed by atoms with E-state index in [2.05, 4.69) is 4.72 Å². The number of nitrogens with one attached hydrogen (secondary N) is 1. The maximum Gasteiger partial charge on any atom is 0.241 e. The molecule has 0 unspecified atom stereocenters. The lowest BCUT2D eigenvalue weighted by Crippen LogP contribution is -2.28. The molecule has 1 atom stereocenters. The number of aryl methyl sites for hydroxylation is 3. The Bertz CT molecular complexity index is 969. The van der Waals surface area contributed by atoms with Gasteiger partial charge in [0.2, 0.25) is 10.0 Å². The van der Waals surface area contributed by atoms with Crippen LogP contribution in [0.3, 0.4) is 0 Å². The molecule has 5 nitrogen and oxygen atoms in total. The molecular formula is C18H23NO4S2. The van der Waals surface area contributed by atoms with Gasteiger partial charge < -0.3 is 0 Å². The summed E-state index contributed by atoms with van der Waals surface area (Å²) in [4.78, 5) is 0.495. The fraction of sp³-hybridized carbons (Fsp3) is 0.333. The predicted molar refractivity (Wildman–Crippen MR) is 98.9 cm³/mol. The number of sulfonamides is 1. The molecule has 0 heterocycles. The minimum Gasteiger partial charge on any atom is -0.224 e. The summed E-state index contributed by atoms with van der Waals surface area (Å²) in [6.45, 7) is 7.21. The summed E-state index contributed by atoms with van der Waals surface area (Å²) in [5.74, 6) is 0. The van der Waals surface area contributed by atoms with Gasteiger partial charge in [-0.2, -0.15) is 0 Å². The van der Waals surface area contributed by atoms with Crippen LogP contribution in [0.5, 0.6) is 0 Å². The van der Waals surface area contributed by atoms with Crippen LogP contribution in [0, 0.1) is 20.8 Å². The zero-order valence-corrected chi connectivity index (χ0v) is 16.6. The lowest BCUT2D eigenvalue weighted by atomic mass is 10.1. The molecule has 0 fully saturated rings. The van der Waals surface area contributed by atoms with E-state index in [-0.39, 0.29) is 9.79 Å². The Balaban J connectivity index is 2.32. The quantitative estimate of drug-likeness (QED) is 0.863. The van der Waals surface area contributed by atoms with Gasteiger partial charge in [-0.25, -0.2) is 21.6 Å². The van der Waals surface area contributed by atoms with Crippen molar-refractivity contribution in [1.82, 2.24) is 4.72 Å². The molecule has 2 aromatic carbocycles. The number of hydrogen-bond acceptors (Lipinski definition) is 4. The molecule has 1 N–H and O–H groups in total. The maximum atomic E-state index is 12.8. The van der Waals surface area contributed by atoms with Crippen molar-refractivity contribution >= 4 is 19.9 Å². The van der Waals surface area contributed by atoms with E-state index in [0.29, 0.717) is 16.7 Å². The molecule has 0 radical (unpaired) electrons. The summed E-state index contributed by atoms with van der Waals surface area (Å²) >= 11 is 0. The van der Waals surface area contributed by atoms with Gasteiger partial charge in [0.15, 0.2) is 9.84 Å². The number of benzene rings is 2. The second kappa shape index (κ2) is 6.90. The summed E-state index contributed by atoms with van der Waals surface area (Å²) in [6.07, 6.45) is 1.14. The van der Waals surface area contributed by atoms with Gasteiger partial charge in [0.1, 0.15) is 0 Å². The molecule has 0 amide bonds. The topological polar surface area (TPSA) is 80.3 Å². The smallest absolute Gasteiger partial charge is 0.224 e. The molecule has 2 rings (SSSR count). The Kier molecular flexibility index (Phi) is 5.41. The van der Waals surface area contributed by atoms with Gasteiger partial charge >= 0.3 is 0 Å². The van der Waals surface area contributed by atoms with Crippen LogP contribution in [0.4, 0.5) is 0 Å². The highest BCUT2D eigenvalue weighted by atomic mass is 32.2. The molecule has 0 aliphatic carbocycles. The third-order valence-electron chi connectivity index (χ3n) is 4.01. The first-order chi connectivity index (χ1) is 11.4. The Labute approximate surface area is 150 Å². The van der Waals surface area contributed by atoms with E-state index in [9.17, 15) is 16.8 Å². The van der Waals surface area contributed by atoms with Crippen molar-refractivity contribution in [3.05, 3.63) is 58.7 Å². The van der Waals surface area contributed by atoms with Crippen molar-refractivity contribution < 1.29 is 16.8 Å². The Morgan fingerprint density at radius 1 is 0.880 bits per heavy atom. The molecule has 0 aliphatic rings. The van der Waals surface area contributed by atoms with E-state index in [0.717, 1.165) is 11.8 Å². The van der Waals surface area contributed by atoms with Crippen LogP contribution in [0.1, 0.15) is 35.2 Å². The molecule has 2 aromatic rings. The molecule has 0 bridgehead atoms. The number of hydrogen-bond donors (Lipinski definition) is 1. The highest BCUT2D eigenvalue weighted by Gasteiger charge is 2.23. The summed E-state index contributed by atoms with van der Waals surface area (Å²) in [7, 11) is -6.97. The standard InChI is InChI=1S/C18H23NO4S2/c1-12-10-13(2)18(14(3)11-12)25(22,23)19-15(4)16-6-8-17(9-7-16)24(5,20)21/h6-11,15,19H,1-5H3/t15-/m1/s1. The van der Waals surface area contributed by atoms with Crippen molar-refractivity contribution in [1.29, 1.82) is 0 Å². The fourth-order valence-corrected chi connectivity index (χ4v) is 5.27. The molecule has 0 saturated carbocycles. The van der Waals surface area contributed by atoms with Crippen molar-refractivity contribution in [2.24, 2.45) is 0 Å². The lowest BCUT2D eigenvalue weighted by Gasteiger charge is -2.18. The minimum absolute atomic E-state index is 0.205. The van der Waals surface area contributed by atoms with E-state index >= 15 is 0 Å². The fourth-order valence-electron chi connectivity index (χ4n) is 2.95. The van der Waals surface area contributed by atoms with Gasteiger partial charge in [-0.15, -0.1) is 0 Å². The highest BCUT2D eigenvalue weighted by Crippen LogP contribution is 2.24. The Morgan fingerprint density at radius 2 is 1.36 bits per heavy atom. The third kappa shape index (κ3) is 4.48. The van der Waals surface area contributed by atoms with Crippen LogP contribution in [-0.4, -0.2) is 23.1 Å². The van der Waals surface area contributed by atoms with Crippen LogP contribution in [0.25, 0.3) is 0 Å².